The smallest absolute Gasteiger partial charge is 0.255 e. The zero-order chi connectivity index (χ0) is 22.8. The van der Waals surface area contributed by atoms with Crippen molar-refractivity contribution in [2.45, 2.75) is 34.1 Å². The molecule has 1 aromatic heterocycles. The van der Waals surface area contributed by atoms with E-state index in [0.717, 1.165) is 22.2 Å². The third-order valence-corrected chi connectivity index (χ3v) is 8.16. The summed E-state index contributed by atoms with van der Waals surface area (Å²) in [6.45, 7) is 8.22. The summed E-state index contributed by atoms with van der Waals surface area (Å²) in [5.41, 5.74) is 3.83. The summed E-state index contributed by atoms with van der Waals surface area (Å²) < 4.78 is 0.844. The SMILES string of the molecule is CC(C)=C[C@@H]1C2(C)C[C@]12C(=O)Nc1nc2ccc(C(=O)Nc3c(C)cccc3Cl)cc2s1. The molecule has 32 heavy (non-hydrogen) atoms. The highest BCUT2D eigenvalue weighted by atomic mass is 35.5. The number of fused-ring (bicyclic) bond motifs is 2. The highest BCUT2D eigenvalue weighted by Gasteiger charge is 2.90. The zero-order valence-electron chi connectivity index (χ0n) is 18.4. The fourth-order valence-corrected chi connectivity index (χ4v) is 6.04. The first-order valence-corrected chi connectivity index (χ1v) is 11.8. The molecule has 7 heteroatoms. The van der Waals surface area contributed by atoms with Crippen LogP contribution >= 0.6 is 22.9 Å². The van der Waals surface area contributed by atoms with Gasteiger partial charge in [-0.1, -0.05) is 53.6 Å². The van der Waals surface area contributed by atoms with Gasteiger partial charge in [0.25, 0.3) is 5.91 Å². The number of aromatic nitrogens is 1. The van der Waals surface area contributed by atoms with Gasteiger partial charge in [-0.25, -0.2) is 4.98 Å². The third kappa shape index (κ3) is 3.16. The second-order valence-electron chi connectivity index (χ2n) is 9.33. The first kappa shape index (κ1) is 21.2. The monoisotopic (exact) mass is 465 g/mol. The Hall–Kier alpha value is -2.70. The van der Waals surface area contributed by atoms with Gasteiger partial charge >= 0.3 is 0 Å². The van der Waals surface area contributed by atoms with Crippen molar-refractivity contribution in [2.24, 2.45) is 16.7 Å². The van der Waals surface area contributed by atoms with Crippen molar-refractivity contribution in [1.29, 1.82) is 0 Å². The van der Waals surface area contributed by atoms with E-state index in [1.807, 2.05) is 19.1 Å². The van der Waals surface area contributed by atoms with E-state index >= 15 is 0 Å². The highest BCUT2D eigenvalue weighted by molar-refractivity contribution is 7.22. The van der Waals surface area contributed by atoms with Crippen molar-refractivity contribution in [2.75, 3.05) is 10.6 Å². The Kier molecular flexibility index (Phi) is 4.73. The van der Waals surface area contributed by atoms with Gasteiger partial charge in [0.05, 0.1) is 26.3 Å². The standard InChI is InChI=1S/C25H24ClN3O2S/c1-13(2)10-19-24(4)12-25(19,24)22(31)29-23-27-17-9-8-15(11-18(17)32-23)21(30)28-20-14(3)6-5-7-16(20)26/h5-11,19H,12H2,1-4H3,(H,28,30)(H,27,29,31)/t19-,24?,25-/m1/s1. The van der Waals surface area contributed by atoms with Gasteiger partial charge in [-0.2, -0.15) is 0 Å². The number of hydrogen-bond acceptors (Lipinski definition) is 4. The van der Waals surface area contributed by atoms with Gasteiger partial charge in [0.2, 0.25) is 5.91 Å². The van der Waals surface area contributed by atoms with Crippen molar-refractivity contribution in [3.8, 4) is 0 Å². The number of allylic oxidation sites excluding steroid dienone is 2. The molecule has 2 aliphatic rings. The molecule has 3 atom stereocenters. The summed E-state index contributed by atoms with van der Waals surface area (Å²) in [5.74, 6) is 0.129. The van der Waals surface area contributed by atoms with Gasteiger partial charge in [0, 0.05) is 5.56 Å². The number of carbonyl (C=O) groups excluding carboxylic acids is 2. The number of nitrogens with one attached hydrogen (secondary N) is 2. The topological polar surface area (TPSA) is 71.1 Å². The number of rotatable bonds is 5. The largest absolute Gasteiger partial charge is 0.320 e. The molecule has 1 unspecified atom stereocenters. The average molecular weight is 466 g/mol. The molecular formula is C25H24ClN3O2S. The highest BCUT2D eigenvalue weighted by Crippen LogP contribution is 2.90. The van der Waals surface area contributed by atoms with E-state index in [1.165, 1.54) is 16.9 Å². The van der Waals surface area contributed by atoms with E-state index in [2.05, 4.69) is 42.5 Å². The summed E-state index contributed by atoms with van der Waals surface area (Å²) in [6.07, 6.45) is 3.14. The first-order valence-electron chi connectivity index (χ1n) is 10.6. The van der Waals surface area contributed by atoms with Gasteiger partial charge in [0.15, 0.2) is 5.13 Å². The molecule has 0 bridgehead atoms. The van der Waals surface area contributed by atoms with Crippen LogP contribution in [-0.4, -0.2) is 16.8 Å². The van der Waals surface area contributed by atoms with Crippen LogP contribution in [0.5, 0.6) is 0 Å². The maximum atomic E-state index is 13.0. The molecule has 5 nitrogen and oxygen atoms in total. The summed E-state index contributed by atoms with van der Waals surface area (Å²) >= 11 is 7.62. The zero-order valence-corrected chi connectivity index (χ0v) is 19.9. The Morgan fingerprint density at radius 3 is 2.69 bits per heavy atom. The number of benzene rings is 2. The van der Waals surface area contributed by atoms with Crippen LogP contribution in [0, 0.1) is 23.7 Å². The fourth-order valence-electron chi connectivity index (χ4n) is 4.87. The van der Waals surface area contributed by atoms with Crippen LogP contribution in [0.3, 0.4) is 0 Å². The Labute approximate surface area is 195 Å². The fraction of sp³-hybridized carbons (Fsp3) is 0.320. The Bertz CT molecular complexity index is 1310. The van der Waals surface area contributed by atoms with E-state index in [-0.39, 0.29) is 22.6 Å². The summed E-state index contributed by atoms with van der Waals surface area (Å²) in [5, 5.41) is 6.99. The van der Waals surface area contributed by atoms with Gasteiger partial charge < -0.3 is 10.6 Å². The molecule has 2 aromatic carbocycles. The summed E-state index contributed by atoms with van der Waals surface area (Å²) in [6, 6.07) is 10.8. The molecular weight excluding hydrogens is 442 g/mol. The minimum absolute atomic E-state index is 0.0497. The number of nitrogens with zero attached hydrogens (tertiary/aromatic N) is 1. The molecule has 5 rings (SSSR count). The quantitative estimate of drug-likeness (QED) is 0.426. The minimum atomic E-state index is -0.278. The number of aryl methyl sites for hydroxylation is 1. The van der Waals surface area contributed by atoms with E-state index in [9.17, 15) is 9.59 Å². The van der Waals surface area contributed by atoms with E-state index < -0.39 is 0 Å². The molecule has 2 amide bonds. The second-order valence-corrected chi connectivity index (χ2v) is 10.8. The molecule has 0 spiro atoms. The molecule has 1 heterocycles. The van der Waals surface area contributed by atoms with Crippen LogP contribution in [0.1, 0.15) is 43.1 Å². The molecule has 0 saturated heterocycles. The minimum Gasteiger partial charge on any atom is -0.320 e. The molecule has 2 fully saturated rings. The lowest BCUT2D eigenvalue weighted by atomic mass is 9.99. The van der Waals surface area contributed by atoms with Gasteiger partial charge in [-0.3, -0.25) is 9.59 Å². The lowest BCUT2D eigenvalue weighted by Gasteiger charge is -2.10. The predicted octanol–water partition coefficient (Wildman–Crippen LogP) is 6.44. The van der Waals surface area contributed by atoms with Gasteiger partial charge in [0.1, 0.15) is 0 Å². The molecule has 0 aliphatic heterocycles. The maximum Gasteiger partial charge on any atom is 0.255 e. The number of thiazole rings is 1. The lowest BCUT2D eigenvalue weighted by Crippen LogP contribution is -2.20. The number of halogens is 1. The maximum absolute atomic E-state index is 13.0. The van der Waals surface area contributed by atoms with E-state index in [0.29, 0.717) is 27.3 Å². The first-order chi connectivity index (χ1) is 15.2. The molecule has 164 valence electrons. The summed E-state index contributed by atoms with van der Waals surface area (Å²) in [4.78, 5) is 30.3. The number of hydrogen-bond donors (Lipinski definition) is 2. The predicted molar refractivity (Wildman–Crippen MR) is 130 cm³/mol. The Balaban J connectivity index is 1.33. The number of anilines is 2. The van der Waals surface area contributed by atoms with E-state index in [4.69, 9.17) is 11.6 Å². The van der Waals surface area contributed by atoms with Crippen LogP contribution in [-0.2, 0) is 4.79 Å². The molecule has 2 N–H and O–H groups in total. The van der Waals surface area contributed by atoms with Crippen molar-refractivity contribution >= 4 is 55.8 Å². The summed E-state index contributed by atoms with van der Waals surface area (Å²) in [7, 11) is 0. The Morgan fingerprint density at radius 1 is 1.22 bits per heavy atom. The normalized spacial score (nSPS) is 25.1. The van der Waals surface area contributed by atoms with Crippen LogP contribution in [0.2, 0.25) is 5.02 Å². The lowest BCUT2D eigenvalue weighted by molar-refractivity contribution is -0.119. The van der Waals surface area contributed by atoms with Crippen LogP contribution < -0.4 is 10.6 Å². The van der Waals surface area contributed by atoms with Crippen LogP contribution in [0.25, 0.3) is 10.2 Å². The van der Waals surface area contributed by atoms with Crippen molar-refractivity contribution in [3.63, 3.8) is 0 Å². The van der Waals surface area contributed by atoms with Crippen molar-refractivity contribution in [1.82, 2.24) is 4.98 Å². The Morgan fingerprint density at radius 2 is 2.00 bits per heavy atom. The number of amides is 2. The molecule has 2 aliphatic carbocycles. The van der Waals surface area contributed by atoms with Gasteiger partial charge in [-0.05, 0) is 68.4 Å². The molecule has 0 radical (unpaired) electrons. The third-order valence-electron chi connectivity index (χ3n) is 6.91. The molecule has 3 aromatic rings. The number of carbonyl (C=O) groups is 2. The van der Waals surface area contributed by atoms with Crippen LogP contribution in [0.4, 0.5) is 10.8 Å². The van der Waals surface area contributed by atoms with E-state index in [1.54, 1.807) is 24.3 Å². The van der Waals surface area contributed by atoms with Crippen LogP contribution in [0.15, 0.2) is 48.0 Å². The second kappa shape index (κ2) is 7.15. The van der Waals surface area contributed by atoms with Crippen molar-refractivity contribution < 1.29 is 9.59 Å². The average Bonchev–Trinajstić information content (AvgIpc) is 3.42. The number of para-hydroxylation sites is 1. The van der Waals surface area contributed by atoms with Crippen molar-refractivity contribution in [3.05, 3.63) is 64.2 Å². The molecule has 2 saturated carbocycles. The van der Waals surface area contributed by atoms with Gasteiger partial charge in [-0.15, -0.1) is 0 Å².